The molecule has 0 bridgehead atoms. The van der Waals surface area contributed by atoms with Crippen LogP contribution in [0.2, 0.25) is 5.02 Å². The number of hydrogen-bond acceptors (Lipinski definition) is 3. The number of pyridine rings is 1. The van der Waals surface area contributed by atoms with Crippen molar-refractivity contribution in [3.63, 3.8) is 0 Å². The molecule has 1 heterocycles. The molecule has 1 N–H and O–H groups in total. The molecule has 0 saturated heterocycles. The maximum Gasteiger partial charge on any atom is 0.238 e. The molecule has 0 aliphatic carbocycles. The van der Waals surface area contributed by atoms with Crippen LogP contribution in [0.4, 0.5) is 0 Å². The highest BCUT2D eigenvalue weighted by Crippen LogP contribution is 2.31. The van der Waals surface area contributed by atoms with Gasteiger partial charge in [-0.2, -0.15) is 0 Å². The summed E-state index contributed by atoms with van der Waals surface area (Å²) in [6, 6.07) is 7.75. The molecular weight excluding hydrogens is 352 g/mol. The molecule has 3 nitrogen and oxygen atoms in total. The monoisotopic (exact) mass is 368 g/mol. The van der Waals surface area contributed by atoms with Gasteiger partial charge in [0.1, 0.15) is 10.8 Å². The zero-order chi connectivity index (χ0) is 15.2. The van der Waals surface area contributed by atoms with Gasteiger partial charge < -0.3 is 10.1 Å². The molecule has 0 unspecified atom stereocenters. The van der Waals surface area contributed by atoms with Crippen LogP contribution in [0, 0.1) is 6.92 Å². The van der Waals surface area contributed by atoms with Crippen LogP contribution in [0.25, 0.3) is 0 Å². The minimum absolute atomic E-state index is 0.428. The highest BCUT2D eigenvalue weighted by atomic mass is 79.9. The molecule has 0 amide bonds. The lowest BCUT2D eigenvalue weighted by atomic mass is 10.2. The topological polar surface area (TPSA) is 34.2 Å². The summed E-state index contributed by atoms with van der Waals surface area (Å²) in [4.78, 5) is 4.31. The smallest absolute Gasteiger partial charge is 0.238 e. The van der Waals surface area contributed by atoms with Crippen molar-refractivity contribution < 1.29 is 4.74 Å². The van der Waals surface area contributed by atoms with Crippen LogP contribution < -0.4 is 10.1 Å². The summed E-state index contributed by atoms with van der Waals surface area (Å²) in [5.41, 5.74) is 2.08. The van der Waals surface area contributed by atoms with Crippen LogP contribution >= 0.6 is 27.5 Å². The number of nitrogens with one attached hydrogen (secondary N) is 1. The first-order valence-corrected chi connectivity index (χ1v) is 8.06. The summed E-state index contributed by atoms with van der Waals surface area (Å²) < 4.78 is 6.77. The van der Waals surface area contributed by atoms with E-state index in [-0.39, 0.29) is 0 Å². The van der Waals surface area contributed by atoms with Crippen molar-refractivity contribution in [1.29, 1.82) is 0 Å². The van der Waals surface area contributed by atoms with Crippen molar-refractivity contribution >= 4 is 27.5 Å². The van der Waals surface area contributed by atoms with E-state index in [1.807, 2.05) is 31.2 Å². The molecule has 1 aromatic heterocycles. The maximum atomic E-state index is 6.26. The third-order valence-corrected chi connectivity index (χ3v) is 3.74. The number of rotatable bonds is 6. The van der Waals surface area contributed by atoms with Crippen LogP contribution in [0.15, 0.2) is 34.9 Å². The third kappa shape index (κ3) is 4.70. The predicted molar refractivity (Wildman–Crippen MR) is 90.2 cm³/mol. The van der Waals surface area contributed by atoms with Gasteiger partial charge in [-0.3, -0.25) is 0 Å². The summed E-state index contributed by atoms with van der Waals surface area (Å²) >= 11 is 9.69. The molecular formula is C16H18BrClN2O. The van der Waals surface area contributed by atoms with Crippen LogP contribution in [-0.2, 0) is 6.54 Å². The number of aromatic nitrogens is 1. The fraction of sp³-hybridized carbons (Fsp3) is 0.312. The van der Waals surface area contributed by atoms with E-state index in [9.17, 15) is 0 Å². The fourth-order valence-corrected chi connectivity index (χ4v) is 2.40. The van der Waals surface area contributed by atoms with E-state index in [0.29, 0.717) is 10.9 Å². The van der Waals surface area contributed by atoms with E-state index < -0.39 is 0 Å². The second-order valence-corrected chi connectivity index (χ2v) is 6.14. The van der Waals surface area contributed by atoms with E-state index in [0.717, 1.165) is 40.9 Å². The molecule has 2 rings (SSSR count). The standard InChI is InChI=1S/C16H18BrClN2O/c1-3-6-19-9-12-7-14(18)16(20-10-12)21-15-8-13(17)5-4-11(15)2/h4-5,7-8,10,19H,3,6,9H2,1-2H3. The molecule has 2 aromatic rings. The normalized spacial score (nSPS) is 10.7. The lowest BCUT2D eigenvalue weighted by Crippen LogP contribution is -2.13. The molecule has 0 spiro atoms. The van der Waals surface area contributed by atoms with Crippen LogP contribution in [-0.4, -0.2) is 11.5 Å². The quantitative estimate of drug-likeness (QED) is 0.719. The van der Waals surface area contributed by atoms with Crippen molar-refractivity contribution in [2.75, 3.05) is 6.54 Å². The lowest BCUT2D eigenvalue weighted by molar-refractivity contribution is 0.459. The highest BCUT2D eigenvalue weighted by molar-refractivity contribution is 9.10. The Morgan fingerprint density at radius 1 is 1.33 bits per heavy atom. The Balaban J connectivity index is 2.12. The molecule has 0 fully saturated rings. The van der Waals surface area contributed by atoms with Crippen LogP contribution in [0.1, 0.15) is 24.5 Å². The van der Waals surface area contributed by atoms with Crippen molar-refractivity contribution in [2.24, 2.45) is 0 Å². The lowest BCUT2D eigenvalue weighted by Gasteiger charge is -2.11. The Bertz CT molecular complexity index is 619. The first-order chi connectivity index (χ1) is 10.1. The molecule has 0 saturated carbocycles. The van der Waals surface area contributed by atoms with E-state index in [1.165, 1.54) is 0 Å². The molecule has 0 aliphatic heterocycles. The Labute approximate surface area is 138 Å². The van der Waals surface area contributed by atoms with Crippen LogP contribution in [0.5, 0.6) is 11.6 Å². The maximum absolute atomic E-state index is 6.26. The number of benzene rings is 1. The molecule has 1 aromatic carbocycles. The average Bonchev–Trinajstić information content (AvgIpc) is 2.46. The van der Waals surface area contributed by atoms with Gasteiger partial charge in [0.25, 0.3) is 0 Å². The van der Waals surface area contributed by atoms with Gasteiger partial charge in [0, 0.05) is 17.2 Å². The number of nitrogens with zero attached hydrogens (tertiary/aromatic N) is 1. The highest BCUT2D eigenvalue weighted by Gasteiger charge is 2.08. The summed E-state index contributed by atoms with van der Waals surface area (Å²) in [6.07, 6.45) is 2.89. The molecule has 21 heavy (non-hydrogen) atoms. The summed E-state index contributed by atoms with van der Waals surface area (Å²) in [5.74, 6) is 1.17. The summed E-state index contributed by atoms with van der Waals surface area (Å²) in [5, 5.41) is 3.84. The van der Waals surface area contributed by atoms with Gasteiger partial charge >= 0.3 is 0 Å². The van der Waals surface area contributed by atoms with Gasteiger partial charge in [-0.05, 0) is 49.2 Å². The number of ether oxygens (including phenoxy) is 1. The first kappa shape index (κ1) is 16.3. The van der Waals surface area contributed by atoms with E-state index in [2.05, 4.69) is 33.2 Å². The zero-order valence-corrected chi connectivity index (χ0v) is 14.5. The van der Waals surface area contributed by atoms with Crippen LogP contribution in [0.3, 0.4) is 0 Å². The number of halogens is 2. The third-order valence-electron chi connectivity index (χ3n) is 2.98. The second-order valence-electron chi connectivity index (χ2n) is 4.82. The van der Waals surface area contributed by atoms with E-state index in [4.69, 9.17) is 16.3 Å². The Morgan fingerprint density at radius 2 is 2.14 bits per heavy atom. The Kier molecular flexibility index (Phi) is 6.03. The van der Waals surface area contributed by atoms with Gasteiger partial charge in [0.15, 0.2) is 0 Å². The summed E-state index contributed by atoms with van der Waals surface area (Å²) in [6.45, 7) is 5.86. The Hall–Kier alpha value is -1.10. The molecule has 0 aliphatic rings. The summed E-state index contributed by atoms with van der Waals surface area (Å²) in [7, 11) is 0. The predicted octanol–water partition coefficient (Wildman–Crippen LogP) is 5.10. The van der Waals surface area contributed by atoms with Crippen molar-refractivity contribution in [3.05, 3.63) is 51.1 Å². The minimum Gasteiger partial charge on any atom is -0.437 e. The van der Waals surface area contributed by atoms with E-state index in [1.54, 1.807) is 6.20 Å². The van der Waals surface area contributed by atoms with Crippen molar-refractivity contribution in [3.8, 4) is 11.6 Å². The molecule has 0 radical (unpaired) electrons. The van der Waals surface area contributed by atoms with Crippen molar-refractivity contribution in [2.45, 2.75) is 26.8 Å². The zero-order valence-electron chi connectivity index (χ0n) is 12.1. The molecule has 112 valence electrons. The first-order valence-electron chi connectivity index (χ1n) is 6.89. The molecule has 0 atom stereocenters. The average molecular weight is 370 g/mol. The van der Waals surface area contributed by atoms with Gasteiger partial charge in [0.05, 0.1) is 0 Å². The Morgan fingerprint density at radius 3 is 2.86 bits per heavy atom. The van der Waals surface area contributed by atoms with Gasteiger partial charge in [-0.25, -0.2) is 4.98 Å². The van der Waals surface area contributed by atoms with Gasteiger partial charge in [-0.15, -0.1) is 0 Å². The minimum atomic E-state index is 0.428. The fourth-order valence-electron chi connectivity index (χ4n) is 1.83. The van der Waals surface area contributed by atoms with E-state index >= 15 is 0 Å². The van der Waals surface area contributed by atoms with Crippen molar-refractivity contribution in [1.82, 2.24) is 10.3 Å². The van der Waals surface area contributed by atoms with Gasteiger partial charge in [0.2, 0.25) is 5.88 Å². The van der Waals surface area contributed by atoms with Gasteiger partial charge in [-0.1, -0.05) is 40.5 Å². The largest absolute Gasteiger partial charge is 0.437 e. The molecule has 5 heteroatoms. The number of aryl methyl sites for hydroxylation is 1. The number of hydrogen-bond donors (Lipinski definition) is 1. The SMILES string of the molecule is CCCNCc1cnc(Oc2cc(Br)ccc2C)c(Cl)c1. The second kappa shape index (κ2) is 7.78.